The van der Waals surface area contributed by atoms with Crippen molar-refractivity contribution >= 4 is 33.4 Å². The Bertz CT molecular complexity index is 537. The van der Waals surface area contributed by atoms with Gasteiger partial charge in [-0.05, 0) is 48.0 Å². The van der Waals surface area contributed by atoms with E-state index in [1.165, 1.54) is 10.6 Å². The van der Waals surface area contributed by atoms with E-state index in [9.17, 15) is 0 Å². The number of thioether (sulfide) groups is 1. The van der Waals surface area contributed by atoms with Crippen molar-refractivity contribution < 1.29 is 0 Å². The summed E-state index contributed by atoms with van der Waals surface area (Å²) in [4.78, 5) is 5.41. The number of rotatable bonds is 4. The Kier molecular flexibility index (Phi) is 4.35. The van der Waals surface area contributed by atoms with Crippen LogP contribution in [0.3, 0.4) is 0 Å². The van der Waals surface area contributed by atoms with Gasteiger partial charge < -0.3 is 10.3 Å². The molecule has 0 spiro atoms. The van der Waals surface area contributed by atoms with Crippen molar-refractivity contribution in [3.63, 3.8) is 0 Å². The van der Waals surface area contributed by atoms with Gasteiger partial charge in [0.05, 0.1) is 6.33 Å². The summed E-state index contributed by atoms with van der Waals surface area (Å²) in [6.07, 6.45) is 3.82. The van der Waals surface area contributed by atoms with Gasteiger partial charge >= 0.3 is 0 Å². The SMILES string of the molecule is CC(C)n1cncc1CSc1ccc(N)cc1Br. The van der Waals surface area contributed by atoms with Crippen LogP contribution >= 0.6 is 27.7 Å². The Morgan fingerprint density at radius 2 is 2.22 bits per heavy atom. The van der Waals surface area contributed by atoms with Crippen molar-refractivity contribution in [2.75, 3.05) is 5.73 Å². The summed E-state index contributed by atoms with van der Waals surface area (Å²) in [5.41, 5.74) is 7.74. The molecular weight excluding hydrogens is 310 g/mol. The maximum absolute atomic E-state index is 5.73. The van der Waals surface area contributed by atoms with E-state index in [-0.39, 0.29) is 0 Å². The number of nitrogen functional groups attached to an aromatic ring is 1. The number of hydrogen-bond donors (Lipinski definition) is 1. The highest BCUT2D eigenvalue weighted by Gasteiger charge is 2.07. The number of aromatic nitrogens is 2. The first-order chi connectivity index (χ1) is 8.58. The molecule has 1 aromatic heterocycles. The molecule has 3 nitrogen and oxygen atoms in total. The Morgan fingerprint density at radius 1 is 1.44 bits per heavy atom. The van der Waals surface area contributed by atoms with Crippen LogP contribution in [-0.2, 0) is 5.75 Å². The molecular formula is C13H16BrN3S. The zero-order valence-electron chi connectivity index (χ0n) is 10.4. The highest BCUT2D eigenvalue weighted by Crippen LogP contribution is 2.31. The molecule has 2 N–H and O–H groups in total. The Hall–Kier alpha value is -0.940. The lowest BCUT2D eigenvalue weighted by Crippen LogP contribution is -2.02. The van der Waals surface area contributed by atoms with E-state index >= 15 is 0 Å². The van der Waals surface area contributed by atoms with Crippen LogP contribution in [0.4, 0.5) is 5.69 Å². The Labute approximate surface area is 120 Å². The molecule has 18 heavy (non-hydrogen) atoms. The summed E-state index contributed by atoms with van der Waals surface area (Å²) in [6, 6.07) is 6.34. The largest absolute Gasteiger partial charge is 0.399 e. The van der Waals surface area contributed by atoms with E-state index in [1.54, 1.807) is 11.8 Å². The molecule has 5 heteroatoms. The summed E-state index contributed by atoms with van der Waals surface area (Å²) >= 11 is 5.32. The van der Waals surface area contributed by atoms with Gasteiger partial charge in [-0.1, -0.05) is 0 Å². The predicted octanol–water partition coefficient (Wildman–Crippen LogP) is 4.10. The molecule has 0 atom stereocenters. The lowest BCUT2D eigenvalue weighted by atomic mass is 10.3. The number of anilines is 1. The van der Waals surface area contributed by atoms with E-state index in [0.29, 0.717) is 6.04 Å². The molecule has 2 aromatic rings. The quantitative estimate of drug-likeness (QED) is 0.679. The molecule has 0 unspecified atom stereocenters. The summed E-state index contributed by atoms with van der Waals surface area (Å²) in [5.74, 6) is 0.903. The van der Waals surface area contributed by atoms with Gasteiger partial charge in [-0.15, -0.1) is 11.8 Å². The van der Waals surface area contributed by atoms with Gasteiger partial charge in [-0.2, -0.15) is 0 Å². The fraction of sp³-hybridized carbons (Fsp3) is 0.308. The maximum Gasteiger partial charge on any atom is 0.0950 e. The van der Waals surface area contributed by atoms with Crippen LogP contribution in [0.2, 0.25) is 0 Å². The fourth-order valence-corrected chi connectivity index (χ4v) is 3.32. The van der Waals surface area contributed by atoms with E-state index in [0.717, 1.165) is 15.9 Å². The van der Waals surface area contributed by atoms with Gasteiger partial charge in [-0.3, -0.25) is 0 Å². The van der Waals surface area contributed by atoms with Crippen molar-refractivity contribution in [2.45, 2.75) is 30.5 Å². The van der Waals surface area contributed by atoms with Crippen molar-refractivity contribution in [3.05, 3.63) is 40.9 Å². The minimum atomic E-state index is 0.443. The van der Waals surface area contributed by atoms with Gasteiger partial charge in [0.1, 0.15) is 0 Å². The fourth-order valence-electron chi connectivity index (χ4n) is 1.69. The normalized spacial score (nSPS) is 11.1. The van der Waals surface area contributed by atoms with Gasteiger partial charge in [0.15, 0.2) is 0 Å². The molecule has 0 aliphatic rings. The second kappa shape index (κ2) is 5.80. The van der Waals surface area contributed by atoms with Crippen LogP contribution in [0.15, 0.2) is 40.1 Å². The van der Waals surface area contributed by atoms with Crippen molar-refractivity contribution in [1.29, 1.82) is 0 Å². The minimum absolute atomic E-state index is 0.443. The number of halogens is 1. The highest BCUT2D eigenvalue weighted by molar-refractivity contribution is 9.10. The minimum Gasteiger partial charge on any atom is -0.399 e. The van der Waals surface area contributed by atoms with Crippen LogP contribution < -0.4 is 5.73 Å². The Morgan fingerprint density at radius 3 is 2.89 bits per heavy atom. The zero-order valence-corrected chi connectivity index (χ0v) is 12.8. The molecule has 2 rings (SSSR count). The third kappa shape index (κ3) is 3.09. The standard InChI is InChI=1S/C13H16BrN3S/c1-9(2)17-8-16-6-11(17)7-18-13-4-3-10(15)5-12(13)14/h3-6,8-9H,7,15H2,1-2H3. The van der Waals surface area contributed by atoms with Crippen LogP contribution in [0.5, 0.6) is 0 Å². The molecule has 96 valence electrons. The van der Waals surface area contributed by atoms with Crippen molar-refractivity contribution in [2.24, 2.45) is 0 Å². The van der Waals surface area contributed by atoms with Gasteiger partial charge in [-0.25, -0.2) is 4.98 Å². The van der Waals surface area contributed by atoms with E-state index < -0.39 is 0 Å². The third-order valence-corrected chi connectivity index (χ3v) is 4.66. The molecule has 0 bridgehead atoms. The molecule has 0 saturated heterocycles. The number of hydrogen-bond acceptors (Lipinski definition) is 3. The van der Waals surface area contributed by atoms with E-state index in [1.807, 2.05) is 30.7 Å². The van der Waals surface area contributed by atoms with E-state index in [4.69, 9.17) is 5.73 Å². The molecule has 0 aliphatic heterocycles. The average Bonchev–Trinajstić information content (AvgIpc) is 2.76. The van der Waals surface area contributed by atoms with Gasteiger partial charge in [0.25, 0.3) is 0 Å². The smallest absolute Gasteiger partial charge is 0.0950 e. The molecule has 0 aliphatic carbocycles. The third-order valence-electron chi connectivity index (χ3n) is 2.63. The van der Waals surface area contributed by atoms with Crippen LogP contribution in [-0.4, -0.2) is 9.55 Å². The van der Waals surface area contributed by atoms with Gasteiger partial charge in [0.2, 0.25) is 0 Å². The summed E-state index contributed by atoms with van der Waals surface area (Å²) in [7, 11) is 0. The average molecular weight is 326 g/mol. The second-order valence-corrected chi connectivity index (χ2v) is 6.24. The van der Waals surface area contributed by atoms with Gasteiger partial charge in [0, 0.05) is 38.7 Å². The molecule has 1 heterocycles. The Balaban J connectivity index is 2.09. The number of nitrogens with two attached hydrogens (primary N) is 1. The first-order valence-corrected chi connectivity index (χ1v) is 7.54. The predicted molar refractivity (Wildman–Crippen MR) is 80.7 cm³/mol. The van der Waals surface area contributed by atoms with Crippen LogP contribution in [0, 0.1) is 0 Å². The molecule has 0 fully saturated rings. The topological polar surface area (TPSA) is 43.8 Å². The molecule has 0 saturated carbocycles. The summed E-state index contributed by atoms with van der Waals surface area (Å²) < 4.78 is 3.24. The lowest BCUT2D eigenvalue weighted by Gasteiger charge is -2.11. The van der Waals surface area contributed by atoms with Crippen molar-refractivity contribution in [1.82, 2.24) is 9.55 Å². The van der Waals surface area contributed by atoms with Crippen LogP contribution in [0.1, 0.15) is 25.6 Å². The molecule has 1 aromatic carbocycles. The van der Waals surface area contributed by atoms with Crippen molar-refractivity contribution in [3.8, 4) is 0 Å². The van der Waals surface area contributed by atoms with E-state index in [2.05, 4.69) is 39.3 Å². The first-order valence-electron chi connectivity index (χ1n) is 5.76. The second-order valence-electron chi connectivity index (χ2n) is 4.36. The highest BCUT2D eigenvalue weighted by atomic mass is 79.9. The monoisotopic (exact) mass is 325 g/mol. The maximum atomic E-state index is 5.73. The molecule has 0 radical (unpaired) electrons. The molecule has 0 amide bonds. The summed E-state index contributed by atoms with van der Waals surface area (Å²) in [5, 5.41) is 0. The lowest BCUT2D eigenvalue weighted by molar-refractivity contribution is 0.584. The first kappa shape index (κ1) is 13.5. The van der Waals surface area contributed by atoms with Crippen LogP contribution in [0.25, 0.3) is 0 Å². The number of benzene rings is 1. The number of nitrogens with zero attached hydrogens (tertiary/aromatic N) is 2. The zero-order chi connectivity index (χ0) is 13.1. The number of imidazole rings is 1. The summed E-state index contributed by atoms with van der Waals surface area (Å²) in [6.45, 7) is 4.32.